The molecule has 2 atom stereocenters. The fraction of sp³-hybridized carbons (Fsp3) is 0.536. The lowest BCUT2D eigenvalue weighted by molar-refractivity contribution is 0.0247. The van der Waals surface area contributed by atoms with Crippen LogP contribution in [0, 0.1) is 11.8 Å². The summed E-state index contributed by atoms with van der Waals surface area (Å²) in [6.07, 6.45) is 11.9. The van der Waals surface area contributed by atoms with E-state index in [4.69, 9.17) is 30.8 Å². The molecular weight excluding hydrogens is 518 g/mol. The van der Waals surface area contributed by atoms with E-state index in [1.54, 1.807) is 12.4 Å². The molecule has 3 fully saturated rings. The van der Waals surface area contributed by atoms with Crippen LogP contribution in [-0.2, 0) is 11.3 Å². The largest absolute Gasteiger partial charge is 0.439 e. The number of nitrogens with zero attached hydrogens (tertiary/aromatic N) is 6. The van der Waals surface area contributed by atoms with E-state index in [0.29, 0.717) is 35.0 Å². The minimum absolute atomic E-state index is 0.244. The predicted octanol–water partition coefficient (Wildman–Crippen LogP) is 5.07. The lowest BCUT2D eigenvalue weighted by atomic mass is 9.83. The average molecular weight is 550 g/mol. The van der Waals surface area contributed by atoms with Gasteiger partial charge in [-0.25, -0.2) is 14.8 Å². The monoisotopic (exact) mass is 549 g/mol. The molecular formula is C28H32ClN7O3. The van der Waals surface area contributed by atoms with Crippen molar-refractivity contribution in [2.24, 2.45) is 11.8 Å². The Hall–Kier alpha value is -3.24. The molecule has 7 rings (SSSR count). The molecule has 11 heteroatoms. The third-order valence-corrected chi connectivity index (χ3v) is 8.89. The number of nitrogens with one attached hydrogen (secondary N) is 1. The van der Waals surface area contributed by atoms with Gasteiger partial charge in [0, 0.05) is 31.0 Å². The van der Waals surface area contributed by atoms with Crippen molar-refractivity contribution in [2.75, 3.05) is 18.1 Å². The van der Waals surface area contributed by atoms with Crippen molar-refractivity contribution in [2.45, 2.75) is 70.6 Å². The fourth-order valence-corrected chi connectivity index (χ4v) is 6.86. The highest BCUT2D eigenvalue weighted by atomic mass is 35.5. The van der Waals surface area contributed by atoms with Crippen molar-refractivity contribution >= 4 is 28.6 Å². The van der Waals surface area contributed by atoms with Gasteiger partial charge < -0.3 is 14.2 Å². The summed E-state index contributed by atoms with van der Waals surface area (Å²) >= 11 is 6.39. The van der Waals surface area contributed by atoms with Crippen molar-refractivity contribution in [3.05, 3.63) is 40.1 Å². The summed E-state index contributed by atoms with van der Waals surface area (Å²) in [5.74, 6) is 1.94. The maximum Gasteiger partial charge on any atom is 0.439 e. The summed E-state index contributed by atoms with van der Waals surface area (Å²) < 4.78 is 13.3. The quantitative estimate of drug-likeness (QED) is 0.367. The maximum atomic E-state index is 11.8. The number of ether oxygens (including phenoxy) is 1. The molecule has 10 nitrogen and oxygen atoms in total. The summed E-state index contributed by atoms with van der Waals surface area (Å²) in [5.41, 5.74) is 3.71. The molecule has 3 aliphatic rings. The van der Waals surface area contributed by atoms with Gasteiger partial charge in [-0.2, -0.15) is 0 Å². The van der Waals surface area contributed by atoms with E-state index in [2.05, 4.69) is 31.5 Å². The molecule has 1 saturated heterocycles. The number of aromatic nitrogens is 6. The second kappa shape index (κ2) is 10.1. The minimum Gasteiger partial charge on any atom is -0.374 e. The molecule has 2 saturated carbocycles. The normalized spacial score (nSPS) is 25.3. The Kier molecular flexibility index (Phi) is 6.39. The molecule has 204 valence electrons. The number of halogens is 1. The molecule has 1 N–H and O–H groups in total. The Balaban J connectivity index is 1.44. The first-order valence-electron chi connectivity index (χ1n) is 14.0. The van der Waals surface area contributed by atoms with Crippen molar-refractivity contribution in [1.29, 1.82) is 0 Å². The second-order valence-corrected chi connectivity index (χ2v) is 11.7. The highest BCUT2D eigenvalue weighted by Gasteiger charge is 2.39. The fourth-order valence-electron chi connectivity index (χ4n) is 6.68. The van der Waals surface area contributed by atoms with Crippen molar-refractivity contribution in [1.82, 2.24) is 29.7 Å². The van der Waals surface area contributed by atoms with Gasteiger partial charge in [0.25, 0.3) is 0 Å². The smallest absolute Gasteiger partial charge is 0.374 e. The zero-order chi connectivity index (χ0) is 26.5. The van der Waals surface area contributed by atoms with Gasteiger partial charge in [0.05, 0.1) is 40.5 Å². The Morgan fingerprint density at radius 1 is 1.10 bits per heavy atom. The van der Waals surface area contributed by atoms with Gasteiger partial charge in [0.15, 0.2) is 0 Å². The number of hydrogen-bond donors (Lipinski definition) is 1. The van der Waals surface area contributed by atoms with Gasteiger partial charge in [-0.15, -0.1) is 0 Å². The van der Waals surface area contributed by atoms with Crippen LogP contribution in [0.15, 0.2) is 33.8 Å². The number of rotatable bonds is 5. The van der Waals surface area contributed by atoms with E-state index in [9.17, 15) is 4.79 Å². The van der Waals surface area contributed by atoms with E-state index < -0.39 is 5.76 Å². The Bertz CT molecular complexity index is 1550. The second-order valence-electron chi connectivity index (χ2n) is 11.3. The van der Waals surface area contributed by atoms with Gasteiger partial charge in [-0.3, -0.25) is 14.5 Å². The van der Waals surface area contributed by atoms with Gasteiger partial charge in [0.1, 0.15) is 5.69 Å². The number of morpholine rings is 1. The zero-order valence-electron chi connectivity index (χ0n) is 22.0. The van der Waals surface area contributed by atoms with E-state index in [1.165, 1.54) is 25.7 Å². The van der Waals surface area contributed by atoms with Crippen LogP contribution in [0.2, 0.25) is 5.02 Å². The van der Waals surface area contributed by atoms with Crippen molar-refractivity contribution in [3.63, 3.8) is 0 Å². The standard InChI is InChI=1S/C28H32ClN7O3/c1-16-5-7-17(8-6-16)15-36-25-20(32-27(36)35-9-10-38-23-4-2-3-22(23)35)12-21(26-33-28(37)39-34-26)31-24(25)18-11-19(29)14-30-13-18/h11-14,16-17,22-23H,2-10,15H2,1H3,(H,33,34,37)/t16?,17?,22-,23-/m0/s1. The number of anilines is 1. The first-order chi connectivity index (χ1) is 19.0. The zero-order valence-corrected chi connectivity index (χ0v) is 22.7. The molecule has 2 aliphatic carbocycles. The average Bonchev–Trinajstić information content (AvgIpc) is 3.68. The number of aromatic amines is 1. The van der Waals surface area contributed by atoms with Crippen LogP contribution in [0.5, 0.6) is 0 Å². The minimum atomic E-state index is -0.629. The van der Waals surface area contributed by atoms with Gasteiger partial charge >= 0.3 is 5.76 Å². The van der Waals surface area contributed by atoms with Crippen LogP contribution in [0.25, 0.3) is 33.8 Å². The number of pyridine rings is 2. The van der Waals surface area contributed by atoms with Crippen LogP contribution in [0.4, 0.5) is 5.95 Å². The van der Waals surface area contributed by atoms with E-state index in [-0.39, 0.29) is 11.9 Å². The highest BCUT2D eigenvalue weighted by molar-refractivity contribution is 6.30. The molecule has 0 spiro atoms. The molecule has 39 heavy (non-hydrogen) atoms. The van der Waals surface area contributed by atoms with Crippen molar-refractivity contribution in [3.8, 4) is 22.8 Å². The number of fused-ring (bicyclic) bond motifs is 2. The van der Waals surface area contributed by atoms with Crippen LogP contribution in [0.3, 0.4) is 0 Å². The Morgan fingerprint density at radius 2 is 1.97 bits per heavy atom. The lowest BCUT2D eigenvalue weighted by Gasteiger charge is -2.39. The summed E-state index contributed by atoms with van der Waals surface area (Å²) in [6.45, 7) is 4.72. The Labute approximate surface area is 230 Å². The van der Waals surface area contributed by atoms with E-state index in [0.717, 1.165) is 60.8 Å². The predicted molar refractivity (Wildman–Crippen MR) is 148 cm³/mol. The molecule has 0 bridgehead atoms. The number of hydrogen-bond acceptors (Lipinski definition) is 8. The third kappa shape index (κ3) is 4.63. The molecule has 0 radical (unpaired) electrons. The molecule has 0 amide bonds. The first-order valence-corrected chi connectivity index (χ1v) is 14.4. The SMILES string of the molecule is CC1CCC(Cn2c(N3CCO[C@H]4CCC[C@@H]43)nc3cc(-c4noc(=O)[nH]4)nc(-c4cncc(Cl)c4)c32)CC1. The number of imidazole rings is 1. The van der Waals surface area contributed by atoms with E-state index >= 15 is 0 Å². The maximum absolute atomic E-state index is 11.8. The lowest BCUT2D eigenvalue weighted by Crippen LogP contribution is -2.49. The molecule has 1 aliphatic heterocycles. The molecule has 0 aromatic carbocycles. The Morgan fingerprint density at radius 3 is 2.77 bits per heavy atom. The topological polar surface area (TPSA) is 115 Å². The molecule has 5 heterocycles. The molecule has 4 aromatic heterocycles. The van der Waals surface area contributed by atoms with Gasteiger partial charge in [-0.05, 0) is 56.1 Å². The highest BCUT2D eigenvalue weighted by Crippen LogP contribution is 2.39. The summed E-state index contributed by atoms with van der Waals surface area (Å²) in [6, 6.07) is 4.07. The van der Waals surface area contributed by atoms with Crippen molar-refractivity contribution < 1.29 is 9.26 Å². The summed E-state index contributed by atoms with van der Waals surface area (Å²) in [7, 11) is 0. The first kappa shape index (κ1) is 24.8. The molecule has 0 unspecified atom stereocenters. The van der Waals surface area contributed by atoms with Gasteiger partial charge in [0.2, 0.25) is 11.8 Å². The molecule has 4 aromatic rings. The van der Waals surface area contributed by atoms with Crippen LogP contribution in [-0.4, -0.2) is 55.0 Å². The summed E-state index contributed by atoms with van der Waals surface area (Å²) in [5, 5.41) is 4.42. The van der Waals surface area contributed by atoms with E-state index in [1.807, 2.05) is 12.1 Å². The van der Waals surface area contributed by atoms with Gasteiger partial charge in [-0.1, -0.05) is 36.5 Å². The third-order valence-electron chi connectivity index (χ3n) is 8.68. The van der Waals surface area contributed by atoms with Crippen LogP contribution < -0.4 is 10.7 Å². The van der Waals surface area contributed by atoms with Crippen LogP contribution in [0.1, 0.15) is 51.9 Å². The number of H-pyrrole nitrogens is 1. The van der Waals surface area contributed by atoms with Crippen LogP contribution >= 0.6 is 11.6 Å². The summed E-state index contributed by atoms with van der Waals surface area (Å²) in [4.78, 5) is 31.5.